The fourth-order valence-corrected chi connectivity index (χ4v) is 3.45. The predicted octanol–water partition coefficient (Wildman–Crippen LogP) is 2.06. The van der Waals surface area contributed by atoms with E-state index in [2.05, 4.69) is 14.9 Å². The zero-order chi connectivity index (χ0) is 20.3. The second kappa shape index (κ2) is 8.46. The summed E-state index contributed by atoms with van der Waals surface area (Å²) >= 11 is 0. The Hall–Kier alpha value is -2.83. The van der Waals surface area contributed by atoms with Gasteiger partial charge in [0.2, 0.25) is 5.91 Å². The van der Waals surface area contributed by atoms with Crippen LogP contribution in [-0.2, 0) is 11.2 Å². The molecule has 3 rings (SSSR count). The summed E-state index contributed by atoms with van der Waals surface area (Å²) in [7, 11) is 5.61. The third-order valence-electron chi connectivity index (χ3n) is 5.04. The molecule has 28 heavy (non-hydrogen) atoms. The molecule has 0 saturated carbocycles. The lowest BCUT2D eigenvalue weighted by atomic mass is 10.1. The Balaban J connectivity index is 1.60. The van der Waals surface area contributed by atoms with Gasteiger partial charge in [0, 0.05) is 46.3 Å². The quantitative estimate of drug-likeness (QED) is 0.788. The maximum absolute atomic E-state index is 12.7. The van der Waals surface area contributed by atoms with Crippen LogP contribution in [0, 0.1) is 13.8 Å². The second-order valence-corrected chi connectivity index (χ2v) is 7.37. The van der Waals surface area contributed by atoms with Crippen LogP contribution >= 0.6 is 0 Å². The van der Waals surface area contributed by atoms with Crippen LogP contribution < -0.4 is 14.5 Å². The van der Waals surface area contributed by atoms with Gasteiger partial charge in [-0.1, -0.05) is 12.1 Å². The van der Waals surface area contributed by atoms with E-state index in [-0.39, 0.29) is 5.91 Å². The van der Waals surface area contributed by atoms with Crippen LogP contribution in [0.3, 0.4) is 0 Å². The van der Waals surface area contributed by atoms with Crippen molar-refractivity contribution in [3.8, 4) is 5.75 Å². The van der Waals surface area contributed by atoms with Gasteiger partial charge in [0.25, 0.3) is 0 Å². The summed E-state index contributed by atoms with van der Waals surface area (Å²) in [5, 5.41) is 0. The molecule has 1 fully saturated rings. The summed E-state index contributed by atoms with van der Waals surface area (Å²) < 4.78 is 5.29. The number of rotatable bonds is 5. The van der Waals surface area contributed by atoms with Crippen LogP contribution in [0.2, 0.25) is 0 Å². The largest absolute Gasteiger partial charge is 0.496 e. The highest BCUT2D eigenvalue weighted by atomic mass is 16.5. The van der Waals surface area contributed by atoms with Gasteiger partial charge in [-0.2, -0.15) is 0 Å². The molecule has 0 spiro atoms. The molecule has 2 heterocycles. The van der Waals surface area contributed by atoms with Crippen LogP contribution in [0.1, 0.15) is 17.0 Å². The van der Waals surface area contributed by atoms with E-state index in [1.807, 2.05) is 62.0 Å². The maximum atomic E-state index is 12.7. The van der Waals surface area contributed by atoms with E-state index in [0.29, 0.717) is 19.5 Å². The summed E-state index contributed by atoms with van der Waals surface area (Å²) in [4.78, 5) is 27.9. The number of amides is 1. The van der Waals surface area contributed by atoms with E-state index in [0.717, 1.165) is 47.4 Å². The SMILES string of the molecule is COc1ccc(CC(=O)N2CCN(c3cc(N(C)C)nc(C)n3)CC2)cc1C. The zero-order valence-corrected chi connectivity index (χ0v) is 17.4. The Morgan fingerprint density at radius 3 is 2.43 bits per heavy atom. The third kappa shape index (κ3) is 4.52. The first-order valence-corrected chi connectivity index (χ1v) is 9.56. The Labute approximate surface area is 166 Å². The fraction of sp³-hybridized carbons (Fsp3) is 0.476. The number of anilines is 2. The number of aryl methyl sites for hydroxylation is 2. The molecule has 0 radical (unpaired) electrons. The summed E-state index contributed by atoms with van der Waals surface area (Å²) in [6, 6.07) is 7.92. The lowest BCUT2D eigenvalue weighted by Gasteiger charge is -2.35. The van der Waals surface area contributed by atoms with Gasteiger partial charge < -0.3 is 19.4 Å². The number of methoxy groups -OCH3 is 1. The molecule has 0 atom stereocenters. The van der Waals surface area contributed by atoms with Gasteiger partial charge in [-0.05, 0) is 31.0 Å². The average Bonchev–Trinajstić information content (AvgIpc) is 2.67. The highest BCUT2D eigenvalue weighted by Gasteiger charge is 2.23. The molecule has 0 bridgehead atoms. The van der Waals surface area contributed by atoms with Crippen LogP contribution in [0.15, 0.2) is 24.3 Å². The first-order chi connectivity index (χ1) is 13.4. The van der Waals surface area contributed by atoms with Crippen LogP contribution in [-0.4, -0.2) is 68.2 Å². The van der Waals surface area contributed by atoms with Gasteiger partial charge in [-0.15, -0.1) is 0 Å². The van der Waals surface area contributed by atoms with Gasteiger partial charge in [0.15, 0.2) is 0 Å². The van der Waals surface area contributed by atoms with Crippen molar-refractivity contribution in [3.05, 3.63) is 41.2 Å². The number of nitrogens with zero attached hydrogens (tertiary/aromatic N) is 5. The van der Waals surface area contributed by atoms with Gasteiger partial charge in [0.05, 0.1) is 13.5 Å². The van der Waals surface area contributed by atoms with E-state index in [1.165, 1.54) is 0 Å². The minimum Gasteiger partial charge on any atom is -0.496 e. The molecule has 0 aliphatic carbocycles. The molecule has 1 amide bonds. The number of carbonyl (C=O) groups is 1. The van der Waals surface area contributed by atoms with Crippen LogP contribution in [0.5, 0.6) is 5.75 Å². The van der Waals surface area contributed by atoms with Crippen LogP contribution in [0.4, 0.5) is 11.6 Å². The Morgan fingerprint density at radius 1 is 1.11 bits per heavy atom. The first kappa shape index (κ1) is 19.9. The molecular formula is C21H29N5O2. The summed E-state index contributed by atoms with van der Waals surface area (Å²) in [5.74, 6) is 3.60. The van der Waals surface area contributed by atoms with E-state index >= 15 is 0 Å². The van der Waals surface area contributed by atoms with E-state index in [4.69, 9.17) is 4.74 Å². The molecule has 7 heteroatoms. The number of carbonyl (C=O) groups excluding carboxylic acids is 1. The molecule has 1 aliphatic rings. The minimum absolute atomic E-state index is 0.164. The minimum atomic E-state index is 0.164. The number of aromatic nitrogens is 2. The van der Waals surface area contributed by atoms with Crippen molar-refractivity contribution >= 4 is 17.5 Å². The van der Waals surface area contributed by atoms with E-state index < -0.39 is 0 Å². The molecule has 7 nitrogen and oxygen atoms in total. The number of hydrogen-bond donors (Lipinski definition) is 0. The molecular weight excluding hydrogens is 354 g/mol. The lowest BCUT2D eigenvalue weighted by Crippen LogP contribution is -2.49. The van der Waals surface area contributed by atoms with Gasteiger partial charge in [0.1, 0.15) is 23.2 Å². The standard InChI is InChI=1S/C21H29N5O2/c1-15-12-17(6-7-18(15)28-5)13-21(27)26-10-8-25(9-11-26)20-14-19(24(3)4)22-16(2)23-20/h6-7,12,14H,8-11,13H2,1-5H3. The monoisotopic (exact) mass is 383 g/mol. The van der Waals surface area contributed by atoms with E-state index in [1.54, 1.807) is 7.11 Å². The van der Waals surface area contributed by atoms with Crippen molar-refractivity contribution in [3.63, 3.8) is 0 Å². The first-order valence-electron chi connectivity index (χ1n) is 9.56. The fourth-order valence-electron chi connectivity index (χ4n) is 3.45. The Morgan fingerprint density at radius 2 is 1.82 bits per heavy atom. The number of hydrogen-bond acceptors (Lipinski definition) is 6. The highest BCUT2D eigenvalue weighted by Crippen LogP contribution is 2.21. The van der Waals surface area contributed by atoms with Gasteiger partial charge in [-0.25, -0.2) is 9.97 Å². The van der Waals surface area contributed by atoms with Crippen molar-refractivity contribution in [2.75, 3.05) is 57.2 Å². The molecule has 1 aromatic heterocycles. The Kier molecular flexibility index (Phi) is 6.02. The smallest absolute Gasteiger partial charge is 0.227 e. The van der Waals surface area contributed by atoms with E-state index in [9.17, 15) is 4.79 Å². The van der Waals surface area contributed by atoms with Gasteiger partial charge in [-0.3, -0.25) is 4.79 Å². The van der Waals surface area contributed by atoms with Crippen molar-refractivity contribution in [2.45, 2.75) is 20.3 Å². The number of ether oxygens (including phenoxy) is 1. The third-order valence-corrected chi connectivity index (χ3v) is 5.04. The molecule has 0 N–H and O–H groups in total. The molecule has 0 unspecified atom stereocenters. The normalized spacial score (nSPS) is 14.2. The predicted molar refractivity (Wildman–Crippen MR) is 111 cm³/mol. The van der Waals surface area contributed by atoms with Gasteiger partial charge >= 0.3 is 0 Å². The highest BCUT2D eigenvalue weighted by molar-refractivity contribution is 5.79. The van der Waals surface area contributed by atoms with Crippen molar-refractivity contribution < 1.29 is 9.53 Å². The molecule has 1 saturated heterocycles. The summed E-state index contributed by atoms with van der Waals surface area (Å²) in [6.07, 6.45) is 0.419. The maximum Gasteiger partial charge on any atom is 0.227 e. The number of benzene rings is 1. The summed E-state index contributed by atoms with van der Waals surface area (Å²) in [6.45, 7) is 6.86. The van der Waals surface area contributed by atoms with Crippen LogP contribution in [0.25, 0.3) is 0 Å². The van der Waals surface area contributed by atoms with Crippen molar-refractivity contribution in [1.29, 1.82) is 0 Å². The van der Waals surface area contributed by atoms with Crippen molar-refractivity contribution in [1.82, 2.24) is 14.9 Å². The Bertz CT molecular complexity index is 845. The summed E-state index contributed by atoms with van der Waals surface area (Å²) in [5.41, 5.74) is 2.07. The number of piperazine rings is 1. The second-order valence-electron chi connectivity index (χ2n) is 7.37. The average molecular weight is 383 g/mol. The molecule has 1 aromatic carbocycles. The molecule has 1 aliphatic heterocycles. The lowest BCUT2D eigenvalue weighted by molar-refractivity contribution is -0.130. The topological polar surface area (TPSA) is 61.8 Å². The van der Waals surface area contributed by atoms with Crippen molar-refractivity contribution in [2.24, 2.45) is 0 Å². The zero-order valence-electron chi connectivity index (χ0n) is 17.4. The molecule has 2 aromatic rings. The molecule has 150 valence electrons.